The van der Waals surface area contributed by atoms with Gasteiger partial charge < -0.3 is 9.80 Å². The summed E-state index contributed by atoms with van der Waals surface area (Å²) in [6, 6.07) is 4.68. The van der Waals surface area contributed by atoms with E-state index in [0.29, 0.717) is 11.4 Å². The van der Waals surface area contributed by atoms with Crippen molar-refractivity contribution >= 4 is 33.4 Å². The highest BCUT2D eigenvalue weighted by molar-refractivity contribution is 7.89. The molecule has 2 aliphatic heterocycles. The highest BCUT2D eigenvalue weighted by Crippen LogP contribution is 2.27. The average Bonchev–Trinajstić information content (AvgIpc) is 2.63. The molecule has 2 heterocycles. The molecule has 0 spiro atoms. The van der Waals surface area contributed by atoms with Crippen molar-refractivity contribution in [2.75, 3.05) is 26.7 Å². The van der Waals surface area contributed by atoms with Crippen molar-refractivity contribution in [2.24, 2.45) is 5.92 Å². The molecular weight excluding hydrogens is 390 g/mol. The molecule has 2 atom stereocenters. The highest BCUT2D eigenvalue weighted by atomic mass is 35.5. The molecule has 0 aliphatic carbocycles. The third kappa shape index (κ3) is 3.70. The van der Waals surface area contributed by atoms with Crippen LogP contribution in [0.15, 0.2) is 29.2 Å². The zero-order valence-electron chi connectivity index (χ0n) is 15.6. The van der Waals surface area contributed by atoms with E-state index in [4.69, 9.17) is 11.6 Å². The number of likely N-dealkylation sites (N-methyl/N-ethyl adjacent to an activating group) is 1. The number of carbonyl (C=O) groups excluding carboxylic acids is 2. The number of piperazine rings is 2. The number of fused-ring (bicyclic) bond motifs is 1. The largest absolute Gasteiger partial charge is 0.332 e. The molecule has 27 heavy (non-hydrogen) atoms. The molecule has 0 unspecified atom stereocenters. The molecule has 1 aromatic carbocycles. The maximum Gasteiger partial charge on any atom is 0.247 e. The maximum atomic E-state index is 12.9. The minimum absolute atomic E-state index is 0.0335. The van der Waals surface area contributed by atoms with E-state index < -0.39 is 22.1 Å². The van der Waals surface area contributed by atoms with Gasteiger partial charge in [0.2, 0.25) is 21.8 Å². The van der Waals surface area contributed by atoms with Gasteiger partial charge in [-0.1, -0.05) is 25.4 Å². The van der Waals surface area contributed by atoms with Gasteiger partial charge in [-0.25, -0.2) is 8.42 Å². The molecule has 148 valence electrons. The Kier molecular flexibility index (Phi) is 5.52. The Bertz CT molecular complexity index is 841. The lowest BCUT2D eigenvalue weighted by Crippen LogP contribution is -2.69. The summed E-state index contributed by atoms with van der Waals surface area (Å²) in [6.45, 7) is 4.36. The number of carbonyl (C=O) groups is 2. The molecule has 1 aromatic rings. The van der Waals surface area contributed by atoms with Gasteiger partial charge in [-0.3, -0.25) is 9.59 Å². The smallest absolute Gasteiger partial charge is 0.247 e. The summed E-state index contributed by atoms with van der Waals surface area (Å²) in [6.07, 6.45) is 0.594. The summed E-state index contributed by atoms with van der Waals surface area (Å²) >= 11 is 5.84. The molecule has 2 amide bonds. The highest BCUT2D eigenvalue weighted by Gasteiger charge is 2.48. The van der Waals surface area contributed by atoms with Gasteiger partial charge in [-0.15, -0.1) is 0 Å². The summed E-state index contributed by atoms with van der Waals surface area (Å²) < 4.78 is 27.1. The maximum absolute atomic E-state index is 12.9. The minimum Gasteiger partial charge on any atom is -0.332 e. The predicted molar refractivity (Wildman–Crippen MR) is 102 cm³/mol. The first-order valence-corrected chi connectivity index (χ1v) is 10.8. The van der Waals surface area contributed by atoms with Crippen LogP contribution in [0.25, 0.3) is 0 Å². The topological polar surface area (TPSA) is 78.0 Å². The molecule has 2 saturated heterocycles. The Balaban J connectivity index is 1.83. The van der Waals surface area contributed by atoms with Gasteiger partial charge in [-0.05, 0) is 36.6 Å². The van der Waals surface area contributed by atoms with E-state index in [1.807, 2.05) is 13.8 Å². The molecule has 0 bridgehead atoms. The zero-order valence-corrected chi connectivity index (χ0v) is 17.2. The van der Waals surface area contributed by atoms with Gasteiger partial charge >= 0.3 is 0 Å². The third-order valence-electron chi connectivity index (χ3n) is 5.16. The van der Waals surface area contributed by atoms with Crippen molar-refractivity contribution in [1.82, 2.24) is 14.1 Å². The zero-order chi connectivity index (χ0) is 19.9. The van der Waals surface area contributed by atoms with E-state index in [-0.39, 0.29) is 42.3 Å². The molecule has 0 aromatic heterocycles. The van der Waals surface area contributed by atoms with Crippen LogP contribution in [0.2, 0.25) is 5.02 Å². The first-order valence-electron chi connectivity index (χ1n) is 8.95. The van der Waals surface area contributed by atoms with E-state index in [2.05, 4.69) is 0 Å². The number of sulfonamides is 1. The molecule has 0 N–H and O–H groups in total. The fraction of sp³-hybridized carbons (Fsp3) is 0.556. The normalized spacial score (nSPS) is 24.5. The van der Waals surface area contributed by atoms with E-state index in [9.17, 15) is 18.0 Å². The number of amides is 2. The van der Waals surface area contributed by atoms with Crippen molar-refractivity contribution in [1.29, 1.82) is 0 Å². The van der Waals surface area contributed by atoms with Crippen LogP contribution in [0, 0.1) is 5.92 Å². The van der Waals surface area contributed by atoms with E-state index in [0.717, 1.165) is 0 Å². The summed E-state index contributed by atoms with van der Waals surface area (Å²) in [5, 5.41) is 0.449. The van der Waals surface area contributed by atoms with Crippen LogP contribution >= 0.6 is 11.6 Å². The third-order valence-corrected chi connectivity index (χ3v) is 7.29. The van der Waals surface area contributed by atoms with Crippen molar-refractivity contribution < 1.29 is 18.0 Å². The van der Waals surface area contributed by atoms with E-state index in [1.165, 1.54) is 33.5 Å². The quantitative estimate of drug-likeness (QED) is 0.748. The fourth-order valence-electron chi connectivity index (χ4n) is 3.66. The summed E-state index contributed by atoms with van der Waals surface area (Å²) in [5.41, 5.74) is 0. The fourth-order valence-corrected chi connectivity index (χ4v) is 5.22. The minimum atomic E-state index is -3.75. The lowest BCUT2D eigenvalue weighted by Gasteiger charge is -2.48. The Labute approximate surface area is 164 Å². The second-order valence-corrected chi connectivity index (χ2v) is 9.83. The molecule has 3 rings (SSSR count). The standard InChI is InChI=1S/C18H24ClN3O4S/c1-12(2)10-15-18(24)22-9-8-21(11-16(22)17(23)20(15)3)27(25,26)14-6-4-13(19)5-7-14/h4-7,12,15-16H,8-11H2,1-3H3/t15-,16+/m0/s1. The van der Waals surface area contributed by atoms with Crippen LogP contribution < -0.4 is 0 Å². The van der Waals surface area contributed by atoms with Gasteiger partial charge in [0, 0.05) is 31.7 Å². The van der Waals surface area contributed by atoms with Crippen molar-refractivity contribution in [2.45, 2.75) is 37.2 Å². The van der Waals surface area contributed by atoms with Gasteiger partial charge in [0.25, 0.3) is 0 Å². The molecule has 0 saturated carbocycles. The number of benzene rings is 1. The lowest BCUT2D eigenvalue weighted by molar-refractivity contribution is -0.163. The van der Waals surface area contributed by atoms with E-state index in [1.54, 1.807) is 11.9 Å². The van der Waals surface area contributed by atoms with Gasteiger partial charge in [-0.2, -0.15) is 4.31 Å². The average molecular weight is 414 g/mol. The van der Waals surface area contributed by atoms with Crippen molar-refractivity contribution in [3.63, 3.8) is 0 Å². The van der Waals surface area contributed by atoms with Crippen LogP contribution in [0.3, 0.4) is 0 Å². The number of nitrogens with zero attached hydrogens (tertiary/aromatic N) is 3. The monoisotopic (exact) mass is 413 g/mol. The first kappa shape index (κ1) is 20.1. The van der Waals surface area contributed by atoms with Crippen molar-refractivity contribution in [3.8, 4) is 0 Å². The second-order valence-electron chi connectivity index (χ2n) is 7.46. The summed E-state index contributed by atoms with van der Waals surface area (Å²) in [4.78, 5) is 28.9. The first-order chi connectivity index (χ1) is 12.6. The molecule has 2 fully saturated rings. The van der Waals surface area contributed by atoms with Crippen LogP contribution in [0.5, 0.6) is 0 Å². The van der Waals surface area contributed by atoms with E-state index >= 15 is 0 Å². The Morgan fingerprint density at radius 1 is 1.11 bits per heavy atom. The van der Waals surface area contributed by atoms with Crippen LogP contribution in [-0.2, 0) is 19.6 Å². The number of hydrogen-bond acceptors (Lipinski definition) is 4. The Hall–Kier alpha value is -1.64. The summed E-state index contributed by atoms with van der Waals surface area (Å²) in [5.74, 6) is -0.0343. The molecule has 0 radical (unpaired) electrons. The molecular formula is C18H24ClN3O4S. The van der Waals surface area contributed by atoms with Gasteiger partial charge in [0.15, 0.2) is 0 Å². The predicted octanol–water partition coefficient (Wildman–Crippen LogP) is 1.43. The number of rotatable bonds is 4. The molecule has 7 nitrogen and oxygen atoms in total. The lowest BCUT2D eigenvalue weighted by atomic mass is 9.96. The van der Waals surface area contributed by atoms with Crippen molar-refractivity contribution in [3.05, 3.63) is 29.3 Å². The SMILES string of the molecule is CC(C)C[C@H]1C(=O)N2CCN(S(=O)(=O)c3ccc(Cl)cc3)C[C@@H]2C(=O)N1C. The van der Waals surface area contributed by atoms with Gasteiger partial charge in [0.1, 0.15) is 12.1 Å². The van der Waals surface area contributed by atoms with Gasteiger partial charge in [0.05, 0.1) is 4.90 Å². The van der Waals surface area contributed by atoms with Crippen LogP contribution in [0.1, 0.15) is 20.3 Å². The Morgan fingerprint density at radius 3 is 2.33 bits per heavy atom. The number of halogens is 1. The molecule has 9 heteroatoms. The summed E-state index contributed by atoms with van der Waals surface area (Å²) in [7, 11) is -2.13. The van der Waals surface area contributed by atoms with Crippen LogP contribution in [-0.4, -0.2) is 73.1 Å². The second kappa shape index (κ2) is 7.41. The number of hydrogen-bond donors (Lipinski definition) is 0. The molecule has 2 aliphatic rings. The Morgan fingerprint density at radius 2 is 1.74 bits per heavy atom. The van der Waals surface area contributed by atoms with Crippen LogP contribution in [0.4, 0.5) is 0 Å².